The second-order valence-electron chi connectivity index (χ2n) is 6.10. The fraction of sp³-hybridized carbons (Fsp3) is 0.294. The molecular formula is C17H19N3. The first kappa shape index (κ1) is 12.9. The van der Waals surface area contributed by atoms with Gasteiger partial charge < -0.3 is 4.57 Å². The number of hydrogen-bond acceptors (Lipinski definition) is 2. The van der Waals surface area contributed by atoms with E-state index < -0.39 is 0 Å². The highest BCUT2D eigenvalue weighted by Crippen LogP contribution is 2.22. The van der Waals surface area contributed by atoms with Gasteiger partial charge in [0, 0.05) is 12.0 Å². The molecule has 1 heterocycles. The van der Waals surface area contributed by atoms with Crippen molar-refractivity contribution in [2.45, 2.75) is 32.7 Å². The van der Waals surface area contributed by atoms with Gasteiger partial charge in [0.15, 0.2) is 0 Å². The van der Waals surface area contributed by atoms with Gasteiger partial charge in [0.1, 0.15) is 12.2 Å². The lowest BCUT2D eigenvalue weighted by atomic mass is 10.0. The van der Waals surface area contributed by atoms with Crippen LogP contribution in [0.5, 0.6) is 0 Å². The molecule has 0 amide bonds. The van der Waals surface area contributed by atoms with Crippen LogP contribution in [0.25, 0.3) is 10.8 Å². The Morgan fingerprint density at radius 1 is 1.00 bits per heavy atom. The molecule has 3 heteroatoms. The van der Waals surface area contributed by atoms with E-state index in [2.05, 4.69) is 78.0 Å². The zero-order valence-electron chi connectivity index (χ0n) is 12.2. The molecule has 0 atom stereocenters. The maximum Gasteiger partial charge on any atom is 0.137 e. The number of hydrogen-bond donors (Lipinski definition) is 0. The quantitative estimate of drug-likeness (QED) is 0.706. The molecule has 3 aromatic rings. The van der Waals surface area contributed by atoms with Crippen molar-refractivity contribution in [3.63, 3.8) is 0 Å². The van der Waals surface area contributed by atoms with Crippen molar-refractivity contribution in [3.8, 4) is 0 Å². The topological polar surface area (TPSA) is 30.7 Å². The molecule has 0 saturated heterocycles. The van der Waals surface area contributed by atoms with Crippen LogP contribution in [0.2, 0.25) is 0 Å². The largest absolute Gasteiger partial charge is 0.312 e. The number of aromatic nitrogens is 3. The average Bonchev–Trinajstić information content (AvgIpc) is 2.87. The van der Waals surface area contributed by atoms with Crippen LogP contribution in [0.15, 0.2) is 48.8 Å². The Kier molecular flexibility index (Phi) is 3.05. The van der Waals surface area contributed by atoms with Crippen LogP contribution in [-0.2, 0) is 12.0 Å². The van der Waals surface area contributed by atoms with Gasteiger partial charge in [0.2, 0.25) is 0 Å². The van der Waals surface area contributed by atoms with E-state index in [1.807, 2.05) is 6.33 Å². The molecule has 0 unspecified atom stereocenters. The molecule has 20 heavy (non-hydrogen) atoms. The van der Waals surface area contributed by atoms with Crippen molar-refractivity contribution in [2.24, 2.45) is 0 Å². The lowest BCUT2D eigenvalue weighted by Gasteiger charge is -2.22. The van der Waals surface area contributed by atoms with E-state index in [1.165, 1.54) is 16.3 Å². The van der Waals surface area contributed by atoms with Crippen LogP contribution in [0, 0.1) is 0 Å². The molecule has 0 radical (unpaired) electrons. The molecule has 0 spiro atoms. The van der Waals surface area contributed by atoms with Crippen LogP contribution in [0.1, 0.15) is 32.2 Å². The molecule has 3 nitrogen and oxygen atoms in total. The molecule has 0 N–H and O–H groups in total. The maximum absolute atomic E-state index is 4.30. The summed E-state index contributed by atoms with van der Waals surface area (Å²) in [6.45, 7) is 6.51. The van der Waals surface area contributed by atoms with E-state index in [9.17, 15) is 0 Å². The molecule has 0 bridgehead atoms. The van der Waals surface area contributed by atoms with Crippen molar-refractivity contribution in [2.75, 3.05) is 0 Å². The number of fused-ring (bicyclic) bond motifs is 1. The lowest BCUT2D eigenvalue weighted by molar-refractivity contribution is 0.384. The first-order valence-electron chi connectivity index (χ1n) is 6.92. The van der Waals surface area contributed by atoms with Crippen molar-refractivity contribution >= 4 is 10.8 Å². The lowest BCUT2D eigenvalue weighted by Crippen LogP contribution is -2.23. The van der Waals surface area contributed by atoms with Crippen LogP contribution in [0.4, 0.5) is 0 Å². The van der Waals surface area contributed by atoms with Crippen LogP contribution in [-0.4, -0.2) is 14.8 Å². The minimum Gasteiger partial charge on any atom is -0.312 e. The summed E-state index contributed by atoms with van der Waals surface area (Å²) in [5.74, 6) is 1.01. The third kappa shape index (κ3) is 2.31. The summed E-state index contributed by atoms with van der Waals surface area (Å²) in [6.07, 6.45) is 2.62. The van der Waals surface area contributed by atoms with E-state index in [-0.39, 0.29) is 5.54 Å². The van der Waals surface area contributed by atoms with E-state index in [4.69, 9.17) is 0 Å². The zero-order chi connectivity index (χ0) is 14.2. The maximum atomic E-state index is 4.30. The van der Waals surface area contributed by atoms with Crippen molar-refractivity contribution in [1.82, 2.24) is 14.8 Å². The van der Waals surface area contributed by atoms with E-state index in [0.29, 0.717) is 0 Å². The van der Waals surface area contributed by atoms with Crippen molar-refractivity contribution in [3.05, 3.63) is 60.2 Å². The Labute approximate surface area is 119 Å². The monoisotopic (exact) mass is 265 g/mol. The summed E-state index contributed by atoms with van der Waals surface area (Å²) in [7, 11) is 0. The van der Waals surface area contributed by atoms with Gasteiger partial charge in [0.25, 0.3) is 0 Å². The summed E-state index contributed by atoms with van der Waals surface area (Å²) in [6, 6.07) is 14.9. The molecule has 2 aromatic carbocycles. The number of rotatable bonds is 2. The summed E-state index contributed by atoms with van der Waals surface area (Å²) < 4.78 is 2.15. The van der Waals surface area contributed by atoms with Gasteiger partial charge in [-0.1, -0.05) is 42.5 Å². The normalized spacial score (nSPS) is 11.9. The minimum absolute atomic E-state index is 0.00339. The summed E-state index contributed by atoms with van der Waals surface area (Å²) in [5.41, 5.74) is 1.30. The third-order valence-corrected chi connectivity index (χ3v) is 3.57. The van der Waals surface area contributed by atoms with Gasteiger partial charge in [-0.25, -0.2) is 0 Å². The predicted molar refractivity (Wildman–Crippen MR) is 81.8 cm³/mol. The van der Waals surface area contributed by atoms with E-state index >= 15 is 0 Å². The fourth-order valence-electron chi connectivity index (χ4n) is 2.56. The van der Waals surface area contributed by atoms with Gasteiger partial charge >= 0.3 is 0 Å². The minimum atomic E-state index is 0.00339. The third-order valence-electron chi connectivity index (χ3n) is 3.57. The second-order valence-corrected chi connectivity index (χ2v) is 6.10. The van der Waals surface area contributed by atoms with Crippen molar-refractivity contribution < 1.29 is 0 Å². The van der Waals surface area contributed by atoms with Crippen molar-refractivity contribution in [1.29, 1.82) is 0 Å². The van der Waals surface area contributed by atoms with Gasteiger partial charge in [-0.05, 0) is 37.1 Å². The smallest absolute Gasteiger partial charge is 0.137 e. The van der Waals surface area contributed by atoms with Gasteiger partial charge in [-0.2, -0.15) is 0 Å². The Balaban J connectivity index is 2.05. The van der Waals surface area contributed by atoms with E-state index in [0.717, 1.165) is 12.2 Å². The summed E-state index contributed by atoms with van der Waals surface area (Å²) >= 11 is 0. The number of nitrogens with zero attached hydrogens (tertiary/aromatic N) is 3. The SMILES string of the molecule is CC(C)(C)n1cnnc1Cc1cccc2ccccc12. The Morgan fingerprint density at radius 3 is 2.55 bits per heavy atom. The summed E-state index contributed by atoms with van der Waals surface area (Å²) in [5, 5.41) is 10.9. The molecule has 102 valence electrons. The molecule has 0 saturated carbocycles. The molecule has 0 fully saturated rings. The molecule has 0 aliphatic rings. The molecule has 1 aromatic heterocycles. The molecule has 0 aliphatic heterocycles. The second kappa shape index (κ2) is 4.75. The highest BCUT2D eigenvalue weighted by Gasteiger charge is 2.18. The van der Waals surface area contributed by atoms with Gasteiger partial charge in [-0.3, -0.25) is 0 Å². The highest BCUT2D eigenvalue weighted by atomic mass is 15.3. The first-order valence-corrected chi connectivity index (χ1v) is 6.92. The Bertz CT molecular complexity index is 730. The number of benzene rings is 2. The molecule has 0 aliphatic carbocycles. The van der Waals surface area contributed by atoms with Gasteiger partial charge in [0.05, 0.1) is 0 Å². The van der Waals surface area contributed by atoms with Gasteiger partial charge in [-0.15, -0.1) is 10.2 Å². The van der Waals surface area contributed by atoms with Crippen LogP contribution >= 0.6 is 0 Å². The highest BCUT2D eigenvalue weighted by molar-refractivity contribution is 5.85. The molecular weight excluding hydrogens is 246 g/mol. The average molecular weight is 265 g/mol. The summed E-state index contributed by atoms with van der Waals surface area (Å²) in [4.78, 5) is 0. The van der Waals surface area contributed by atoms with E-state index in [1.54, 1.807) is 0 Å². The molecule has 3 rings (SSSR count). The Morgan fingerprint density at radius 2 is 1.75 bits per heavy atom. The predicted octanol–water partition coefficient (Wildman–Crippen LogP) is 3.78. The van der Waals surface area contributed by atoms with Crippen LogP contribution in [0.3, 0.4) is 0 Å². The standard InChI is InChI=1S/C17H19N3/c1-17(2,3)20-12-18-19-16(20)11-14-9-6-8-13-7-4-5-10-15(13)14/h4-10,12H,11H2,1-3H3. The Hall–Kier alpha value is -2.16. The first-order chi connectivity index (χ1) is 9.55. The zero-order valence-corrected chi connectivity index (χ0v) is 12.2. The van der Waals surface area contributed by atoms with Crippen LogP contribution < -0.4 is 0 Å². The fourth-order valence-corrected chi connectivity index (χ4v) is 2.56.